The predicted octanol–water partition coefficient (Wildman–Crippen LogP) is 7.39. The molecule has 50 heavy (non-hydrogen) atoms. The van der Waals surface area contributed by atoms with Crippen molar-refractivity contribution in [2.45, 2.75) is 100 Å². The smallest absolute Gasteiger partial charge is 0.330 e. The molecule has 0 radical (unpaired) electrons. The molecule has 0 aromatic carbocycles. The van der Waals surface area contributed by atoms with Gasteiger partial charge < -0.3 is 28.4 Å². The lowest BCUT2D eigenvalue weighted by atomic mass is 10.2. The van der Waals surface area contributed by atoms with Crippen LogP contribution in [-0.4, -0.2) is 74.5 Å². The minimum absolute atomic E-state index is 0.00972. The lowest BCUT2D eigenvalue weighted by molar-refractivity contribution is -0.142. The van der Waals surface area contributed by atoms with Crippen LogP contribution in [0.25, 0.3) is 0 Å². The summed E-state index contributed by atoms with van der Waals surface area (Å²) in [6.45, 7) is 38.5. The highest BCUT2D eigenvalue weighted by Crippen LogP contribution is 1.96. The number of hydrogen-bond acceptors (Lipinski definition) is 12. The van der Waals surface area contributed by atoms with Crippen LogP contribution >= 0.6 is 0 Å². The Balaban J connectivity index is -0.000000116. The van der Waals surface area contributed by atoms with E-state index in [1.54, 1.807) is 20.8 Å². The lowest BCUT2D eigenvalue weighted by Gasteiger charge is -2.07. The van der Waals surface area contributed by atoms with Crippen LogP contribution in [0.3, 0.4) is 0 Å². The molecule has 0 saturated carbocycles. The van der Waals surface area contributed by atoms with Gasteiger partial charge in [0.05, 0.1) is 38.6 Å². The number of carbonyl (C=O) groups is 6. The summed E-state index contributed by atoms with van der Waals surface area (Å²) in [6, 6.07) is 0. The van der Waals surface area contributed by atoms with Crippen molar-refractivity contribution in [2.24, 2.45) is 5.92 Å². The van der Waals surface area contributed by atoms with E-state index in [4.69, 9.17) is 9.47 Å². The molecule has 0 aliphatic carbocycles. The summed E-state index contributed by atoms with van der Waals surface area (Å²) in [7, 11) is 0. The molecule has 12 nitrogen and oxygen atoms in total. The Bertz CT molecular complexity index is 965. The first-order valence-electron chi connectivity index (χ1n) is 16.3. The second-order valence-corrected chi connectivity index (χ2v) is 9.83. The van der Waals surface area contributed by atoms with Crippen molar-refractivity contribution in [1.29, 1.82) is 0 Å². The van der Waals surface area contributed by atoms with Crippen LogP contribution < -0.4 is 0 Å². The van der Waals surface area contributed by atoms with Gasteiger partial charge in [-0.1, -0.05) is 80.5 Å². The third kappa shape index (κ3) is 65.8. The maximum absolute atomic E-state index is 10.4. The van der Waals surface area contributed by atoms with Gasteiger partial charge in [0.2, 0.25) is 0 Å². The van der Waals surface area contributed by atoms with Crippen molar-refractivity contribution >= 4 is 35.8 Å². The lowest BCUT2D eigenvalue weighted by Crippen LogP contribution is -2.10. The molecule has 0 amide bonds. The molecule has 0 spiro atoms. The molecule has 0 aliphatic heterocycles. The van der Waals surface area contributed by atoms with Crippen LogP contribution in [0, 0.1) is 5.92 Å². The zero-order valence-electron chi connectivity index (χ0n) is 32.0. The highest BCUT2D eigenvalue weighted by molar-refractivity contribution is 5.82. The van der Waals surface area contributed by atoms with E-state index < -0.39 is 0 Å². The number of carbonyl (C=O) groups excluding carboxylic acids is 6. The van der Waals surface area contributed by atoms with Gasteiger partial charge in [0, 0.05) is 36.5 Å². The van der Waals surface area contributed by atoms with E-state index in [-0.39, 0.29) is 48.0 Å². The molecule has 0 aromatic heterocycles. The highest BCUT2D eigenvalue weighted by Gasteiger charge is 2.01. The molecule has 0 bridgehead atoms. The Morgan fingerprint density at radius 3 is 1.16 bits per heavy atom. The van der Waals surface area contributed by atoms with Crippen molar-refractivity contribution in [3.05, 3.63) is 75.9 Å². The van der Waals surface area contributed by atoms with Crippen molar-refractivity contribution in [3.63, 3.8) is 0 Å². The minimum atomic E-state index is -0.361. The Kier molecular flexibility index (Phi) is 53.4. The first-order valence-corrected chi connectivity index (χ1v) is 16.3. The van der Waals surface area contributed by atoms with Gasteiger partial charge in [-0.15, -0.1) is 0 Å². The summed E-state index contributed by atoms with van der Waals surface area (Å²) in [5, 5.41) is 0. The Morgan fingerprint density at radius 2 is 0.880 bits per heavy atom. The van der Waals surface area contributed by atoms with Gasteiger partial charge in [-0.25, -0.2) is 28.8 Å². The van der Waals surface area contributed by atoms with Gasteiger partial charge in [0.15, 0.2) is 0 Å². The third-order valence-corrected chi connectivity index (χ3v) is 4.28. The van der Waals surface area contributed by atoms with Crippen LogP contribution in [0.15, 0.2) is 75.9 Å². The van der Waals surface area contributed by atoms with Gasteiger partial charge in [-0.3, -0.25) is 0 Å². The Morgan fingerprint density at radius 1 is 0.500 bits per heavy atom. The normalized spacial score (nSPS) is 9.18. The van der Waals surface area contributed by atoms with E-state index in [0.29, 0.717) is 32.3 Å². The van der Waals surface area contributed by atoms with E-state index >= 15 is 0 Å². The second kappa shape index (κ2) is 46.4. The second-order valence-electron chi connectivity index (χ2n) is 9.83. The number of ether oxygens (including phenoxy) is 6. The largest absolute Gasteiger partial charge is 0.463 e. The van der Waals surface area contributed by atoms with E-state index in [1.807, 2.05) is 41.5 Å². The van der Waals surface area contributed by atoms with Gasteiger partial charge in [-0.05, 0) is 52.9 Å². The molecule has 0 aliphatic rings. The van der Waals surface area contributed by atoms with E-state index in [2.05, 4.69) is 58.4 Å². The van der Waals surface area contributed by atoms with E-state index in [0.717, 1.165) is 43.9 Å². The monoisotopic (exact) mass is 712 g/mol. The number of unbranched alkanes of at least 4 members (excludes halogenated alkanes) is 1. The first kappa shape index (κ1) is 57.5. The Hall–Kier alpha value is -4.74. The molecule has 288 valence electrons. The standard InChI is InChI=1S/3C7H12O2.2C6H10O2.C5H8O2/c1-4-7(8)9-5-6(2)3;1-4-6(3)9-7(8)5-2;1-3-5-6-9-7(8)4-2;1-4-6(7)8-5(2)3;1-3-5-8-6(7)4-2;1-3-5(6)7-4-2/h4,6H,1,5H2,2-3H3;5-6H,2,4H2,1,3H3;4H,2-3,5-6H2,1H3;4-5H,1H2,2-3H3;4H,2-3,5H2,1H3;3H,1,4H2,2H3. The van der Waals surface area contributed by atoms with Gasteiger partial charge in [-0.2, -0.15) is 0 Å². The molecule has 0 aromatic rings. The van der Waals surface area contributed by atoms with Crippen LogP contribution in [0.2, 0.25) is 0 Å². The molecule has 0 fully saturated rings. The van der Waals surface area contributed by atoms with Crippen molar-refractivity contribution in [1.82, 2.24) is 0 Å². The highest BCUT2D eigenvalue weighted by atomic mass is 16.6. The number of esters is 6. The molecule has 0 rings (SSSR count). The van der Waals surface area contributed by atoms with Crippen molar-refractivity contribution < 1.29 is 57.2 Å². The molecule has 1 atom stereocenters. The number of rotatable bonds is 17. The average Bonchev–Trinajstić information content (AvgIpc) is 3.10. The van der Waals surface area contributed by atoms with Crippen LogP contribution in [0.1, 0.15) is 88.0 Å². The summed E-state index contributed by atoms with van der Waals surface area (Å²) in [6.07, 6.45) is 10.6. The molecular weight excluding hydrogens is 648 g/mol. The molecule has 0 saturated heterocycles. The maximum atomic E-state index is 10.4. The SMILES string of the molecule is C=CC(=O)OC(C)C.C=CC(=O)OC(C)CC.C=CC(=O)OCC.C=CC(=O)OCC(C)C.C=CC(=O)OCCC.C=CC(=O)OCCCC. The summed E-state index contributed by atoms with van der Waals surface area (Å²) in [5.41, 5.74) is 0. The fraction of sp³-hybridized carbons (Fsp3) is 0.526. The predicted molar refractivity (Wildman–Crippen MR) is 198 cm³/mol. The molecule has 12 heteroatoms. The summed E-state index contributed by atoms with van der Waals surface area (Å²) in [4.78, 5) is 61.7. The topological polar surface area (TPSA) is 158 Å². The van der Waals surface area contributed by atoms with E-state index in [1.165, 1.54) is 18.2 Å². The molecular formula is C38H64O12. The minimum Gasteiger partial charge on any atom is -0.463 e. The van der Waals surface area contributed by atoms with Crippen molar-refractivity contribution in [3.8, 4) is 0 Å². The molecule has 0 heterocycles. The zero-order chi connectivity index (χ0) is 40.3. The molecule has 1 unspecified atom stereocenters. The fourth-order valence-corrected chi connectivity index (χ4v) is 1.76. The quantitative estimate of drug-likeness (QED) is 0.0638. The van der Waals surface area contributed by atoms with Gasteiger partial charge in [0.25, 0.3) is 0 Å². The maximum Gasteiger partial charge on any atom is 0.330 e. The molecule has 0 N–H and O–H groups in total. The van der Waals surface area contributed by atoms with E-state index in [9.17, 15) is 28.8 Å². The summed E-state index contributed by atoms with van der Waals surface area (Å²) in [5.74, 6) is -1.68. The number of hydrogen-bond donors (Lipinski definition) is 0. The Labute approximate surface area is 301 Å². The van der Waals surface area contributed by atoms with Gasteiger partial charge >= 0.3 is 35.8 Å². The summed E-state index contributed by atoms with van der Waals surface area (Å²) < 4.78 is 27.8. The fourth-order valence-electron chi connectivity index (χ4n) is 1.76. The van der Waals surface area contributed by atoms with Crippen LogP contribution in [0.5, 0.6) is 0 Å². The van der Waals surface area contributed by atoms with Gasteiger partial charge in [0.1, 0.15) is 0 Å². The summed E-state index contributed by atoms with van der Waals surface area (Å²) >= 11 is 0. The van der Waals surface area contributed by atoms with Crippen LogP contribution in [0.4, 0.5) is 0 Å². The van der Waals surface area contributed by atoms with Crippen molar-refractivity contribution in [2.75, 3.05) is 26.4 Å². The first-order chi connectivity index (χ1) is 23.5. The van der Waals surface area contributed by atoms with Crippen LogP contribution in [-0.2, 0) is 57.2 Å². The zero-order valence-corrected chi connectivity index (χ0v) is 32.0. The average molecular weight is 713 g/mol. The third-order valence-electron chi connectivity index (χ3n) is 4.28.